The number of benzene rings is 3. The summed E-state index contributed by atoms with van der Waals surface area (Å²) in [4.78, 5) is 26.9. The van der Waals surface area contributed by atoms with Gasteiger partial charge in [-0.3, -0.25) is 9.59 Å². The summed E-state index contributed by atoms with van der Waals surface area (Å²) in [6, 6.07) is 19.1. The SMILES string of the molecule is CCc1cccc(-c2c(Cl)ccc3c2[C@](O)(CCCNC(=O)C(F)(F)F)[C@@]32CCCN(C(=O)c3ccc(CNC)cc3)C2)c1. The Kier molecular flexibility index (Phi) is 9.12. The molecule has 3 aromatic rings. The number of hydrogen-bond donors (Lipinski definition) is 3. The van der Waals surface area contributed by atoms with E-state index >= 15 is 0 Å². The third-order valence-electron chi connectivity index (χ3n) is 9.12. The summed E-state index contributed by atoms with van der Waals surface area (Å²) >= 11 is 6.81. The van der Waals surface area contributed by atoms with Crippen molar-refractivity contribution in [1.29, 1.82) is 0 Å². The van der Waals surface area contributed by atoms with Crippen molar-refractivity contribution in [2.75, 3.05) is 26.7 Å². The highest BCUT2D eigenvalue weighted by Crippen LogP contribution is 2.64. The zero-order chi connectivity index (χ0) is 31.7. The number of alkyl halides is 3. The Morgan fingerprint density at radius 2 is 1.82 bits per heavy atom. The van der Waals surface area contributed by atoms with Crippen molar-refractivity contribution in [3.05, 3.63) is 93.5 Å². The van der Waals surface area contributed by atoms with Gasteiger partial charge in [-0.15, -0.1) is 0 Å². The van der Waals surface area contributed by atoms with Gasteiger partial charge in [0.15, 0.2) is 0 Å². The second-order valence-electron chi connectivity index (χ2n) is 11.8. The predicted octanol–water partition coefficient (Wildman–Crippen LogP) is 6.12. The Bertz CT molecular complexity index is 1540. The summed E-state index contributed by atoms with van der Waals surface area (Å²) in [6.45, 7) is 3.24. The van der Waals surface area contributed by atoms with Gasteiger partial charge in [-0.05, 0) is 85.2 Å². The van der Waals surface area contributed by atoms with Crippen LogP contribution in [0.2, 0.25) is 5.02 Å². The molecular formula is C34H37ClF3N3O3. The van der Waals surface area contributed by atoms with E-state index in [4.69, 9.17) is 11.6 Å². The van der Waals surface area contributed by atoms with E-state index in [1.165, 1.54) is 0 Å². The molecular weight excluding hydrogens is 591 g/mol. The molecule has 6 nitrogen and oxygen atoms in total. The van der Waals surface area contributed by atoms with Crippen LogP contribution >= 0.6 is 11.6 Å². The molecule has 0 saturated carbocycles. The normalized spacial score (nSPS) is 21.1. The molecule has 10 heteroatoms. The van der Waals surface area contributed by atoms with Crippen molar-refractivity contribution in [2.45, 2.75) is 62.8 Å². The Labute approximate surface area is 260 Å². The fraction of sp³-hybridized carbons (Fsp3) is 0.412. The molecule has 3 aromatic carbocycles. The topological polar surface area (TPSA) is 81.7 Å². The van der Waals surface area contributed by atoms with Crippen molar-refractivity contribution in [3.63, 3.8) is 0 Å². The highest BCUT2D eigenvalue weighted by atomic mass is 35.5. The first-order valence-electron chi connectivity index (χ1n) is 15.0. The van der Waals surface area contributed by atoms with Crippen LogP contribution < -0.4 is 10.6 Å². The minimum atomic E-state index is -4.98. The van der Waals surface area contributed by atoms with Crippen LogP contribution in [0, 0.1) is 0 Å². The third-order valence-corrected chi connectivity index (χ3v) is 9.43. The first-order valence-corrected chi connectivity index (χ1v) is 15.4. The van der Waals surface area contributed by atoms with Crippen LogP contribution in [0.4, 0.5) is 13.2 Å². The fourth-order valence-electron chi connectivity index (χ4n) is 6.98. The van der Waals surface area contributed by atoms with Crippen molar-refractivity contribution in [1.82, 2.24) is 15.5 Å². The maximum absolute atomic E-state index is 13.7. The minimum absolute atomic E-state index is 0.0830. The van der Waals surface area contributed by atoms with Crippen LogP contribution in [0.15, 0.2) is 60.7 Å². The monoisotopic (exact) mass is 627 g/mol. The molecule has 234 valence electrons. The summed E-state index contributed by atoms with van der Waals surface area (Å²) in [5.41, 5.74) is 3.42. The van der Waals surface area contributed by atoms with E-state index in [0.717, 1.165) is 28.7 Å². The van der Waals surface area contributed by atoms with Crippen molar-refractivity contribution in [2.24, 2.45) is 0 Å². The highest BCUT2D eigenvalue weighted by molar-refractivity contribution is 6.33. The van der Waals surface area contributed by atoms with E-state index in [1.807, 2.05) is 67.8 Å². The molecule has 3 N–H and O–H groups in total. The molecule has 1 heterocycles. The Morgan fingerprint density at radius 3 is 2.50 bits per heavy atom. The number of rotatable bonds is 9. The second-order valence-corrected chi connectivity index (χ2v) is 12.2. The number of aryl methyl sites for hydroxylation is 1. The molecule has 0 aromatic heterocycles. The molecule has 2 aliphatic rings. The number of halogens is 4. The fourth-order valence-corrected chi connectivity index (χ4v) is 7.25. The van der Waals surface area contributed by atoms with E-state index in [1.54, 1.807) is 17.0 Å². The first kappa shape index (κ1) is 32.0. The van der Waals surface area contributed by atoms with Crippen LogP contribution in [-0.4, -0.2) is 54.7 Å². The molecule has 1 aliphatic carbocycles. The summed E-state index contributed by atoms with van der Waals surface area (Å²) in [6.07, 6.45) is -2.77. The smallest absolute Gasteiger partial charge is 0.384 e. The molecule has 2 amide bonds. The summed E-state index contributed by atoms with van der Waals surface area (Å²) in [5.74, 6) is -2.15. The zero-order valence-corrected chi connectivity index (χ0v) is 25.6. The number of nitrogens with one attached hydrogen (secondary N) is 2. The van der Waals surface area contributed by atoms with Gasteiger partial charge in [0.1, 0.15) is 5.60 Å². The number of aliphatic hydroxyl groups is 1. The molecule has 1 saturated heterocycles. The van der Waals surface area contributed by atoms with Gasteiger partial charge in [0, 0.05) is 47.7 Å². The van der Waals surface area contributed by atoms with Crippen LogP contribution in [0.1, 0.15) is 65.2 Å². The van der Waals surface area contributed by atoms with Gasteiger partial charge in [0.05, 0.1) is 0 Å². The second kappa shape index (κ2) is 12.5. The average Bonchev–Trinajstić information content (AvgIpc) is 3.02. The van der Waals surface area contributed by atoms with Gasteiger partial charge in [-0.25, -0.2) is 0 Å². The van der Waals surface area contributed by atoms with Crippen molar-refractivity contribution < 1.29 is 27.9 Å². The number of amides is 2. The molecule has 2 atom stereocenters. The number of nitrogens with zero attached hydrogens (tertiary/aromatic N) is 1. The number of piperidine rings is 1. The van der Waals surface area contributed by atoms with E-state index < -0.39 is 23.1 Å². The van der Waals surface area contributed by atoms with E-state index in [0.29, 0.717) is 47.6 Å². The van der Waals surface area contributed by atoms with E-state index in [-0.39, 0.29) is 31.8 Å². The molecule has 1 fully saturated rings. The van der Waals surface area contributed by atoms with Crippen LogP contribution in [-0.2, 0) is 28.8 Å². The standard InChI is InChI=1S/C34H37ClF3N3O3/c1-3-22-7-4-8-25(19-22)28-27(35)14-13-26-29(28)33(44,16-5-17-40-31(43)34(36,37)38)32(26)15-6-18-41(21-32)30(42)24-11-9-23(10-12-24)20-39-2/h4,7-14,19,39,44H,3,5-6,15-18,20-21H2,1-2H3,(H,40,43)/t32-,33-/m1/s1. The molecule has 1 aliphatic heterocycles. The summed E-state index contributed by atoms with van der Waals surface area (Å²) < 4.78 is 38.5. The lowest BCUT2D eigenvalue weighted by atomic mass is 9.47. The quantitative estimate of drug-likeness (QED) is 0.250. The molecule has 0 unspecified atom stereocenters. The number of likely N-dealkylation sites (tertiary alicyclic amines) is 1. The molecule has 5 rings (SSSR count). The lowest BCUT2D eigenvalue weighted by Crippen LogP contribution is -2.66. The highest BCUT2D eigenvalue weighted by Gasteiger charge is 2.64. The Hall–Kier alpha value is -3.40. The third kappa shape index (κ3) is 5.73. The van der Waals surface area contributed by atoms with Gasteiger partial charge in [-0.1, -0.05) is 61.0 Å². The van der Waals surface area contributed by atoms with Gasteiger partial charge in [-0.2, -0.15) is 13.2 Å². The maximum atomic E-state index is 13.7. The summed E-state index contributed by atoms with van der Waals surface area (Å²) in [5, 5.41) is 18.2. The number of carbonyl (C=O) groups excluding carboxylic acids is 2. The van der Waals surface area contributed by atoms with Gasteiger partial charge < -0.3 is 20.6 Å². The Morgan fingerprint density at radius 1 is 1.07 bits per heavy atom. The predicted molar refractivity (Wildman–Crippen MR) is 164 cm³/mol. The lowest BCUT2D eigenvalue weighted by Gasteiger charge is -2.62. The lowest BCUT2D eigenvalue weighted by molar-refractivity contribution is -0.173. The maximum Gasteiger partial charge on any atom is 0.471 e. The minimum Gasteiger partial charge on any atom is -0.384 e. The van der Waals surface area contributed by atoms with Gasteiger partial charge >= 0.3 is 12.1 Å². The van der Waals surface area contributed by atoms with Crippen LogP contribution in [0.5, 0.6) is 0 Å². The van der Waals surface area contributed by atoms with Gasteiger partial charge in [0.2, 0.25) is 0 Å². The van der Waals surface area contributed by atoms with Crippen LogP contribution in [0.25, 0.3) is 11.1 Å². The number of fused-ring (bicyclic) bond motifs is 2. The van der Waals surface area contributed by atoms with Crippen molar-refractivity contribution >= 4 is 23.4 Å². The number of carbonyl (C=O) groups is 2. The number of hydrogen-bond acceptors (Lipinski definition) is 4. The molecule has 44 heavy (non-hydrogen) atoms. The largest absolute Gasteiger partial charge is 0.471 e. The van der Waals surface area contributed by atoms with E-state index in [2.05, 4.69) is 5.32 Å². The van der Waals surface area contributed by atoms with Crippen LogP contribution in [0.3, 0.4) is 0 Å². The molecule has 0 bridgehead atoms. The molecule has 0 radical (unpaired) electrons. The van der Waals surface area contributed by atoms with Gasteiger partial charge in [0.25, 0.3) is 5.91 Å². The average molecular weight is 628 g/mol. The molecule has 1 spiro atoms. The summed E-state index contributed by atoms with van der Waals surface area (Å²) in [7, 11) is 1.85. The van der Waals surface area contributed by atoms with Crippen molar-refractivity contribution in [3.8, 4) is 11.1 Å². The first-order chi connectivity index (χ1) is 20.9. The van der Waals surface area contributed by atoms with E-state index in [9.17, 15) is 27.9 Å². The zero-order valence-electron chi connectivity index (χ0n) is 24.9. The Balaban J connectivity index is 1.52.